The van der Waals surface area contributed by atoms with Crippen molar-refractivity contribution in [2.45, 2.75) is 78.9 Å². The highest BCUT2D eigenvalue weighted by atomic mass is 16.6. The maximum Gasteiger partial charge on any atom is 0.366 e. The van der Waals surface area contributed by atoms with Gasteiger partial charge in [0.1, 0.15) is 5.78 Å². The van der Waals surface area contributed by atoms with Gasteiger partial charge in [0.2, 0.25) is 0 Å². The second-order valence-electron chi connectivity index (χ2n) is 8.35. The van der Waals surface area contributed by atoms with Gasteiger partial charge in [0.15, 0.2) is 0 Å². The van der Waals surface area contributed by atoms with Crippen molar-refractivity contribution < 1.29 is 24.5 Å². The third-order valence-corrected chi connectivity index (χ3v) is 5.00. The zero-order valence-electron chi connectivity index (χ0n) is 16.3. The number of Topliss-reactive ketones (excluding diaryl/α,β-unsaturated/α-hetero) is 1. The summed E-state index contributed by atoms with van der Waals surface area (Å²) in [4.78, 5) is 24.8. The highest BCUT2D eigenvalue weighted by Crippen LogP contribution is 2.33. The summed E-state index contributed by atoms with van der Waals surface area (Å²) in [6, 6.07) is 0. The summed E-state index contributed by atoms with van der Waals surface area (Å²) in [5.74, 6) is -3.56. The lowest BCUT2D eigenvalue weighted by Crippen LogP contribution is -2.46. The molecule has 0 aromatic rings. The Morgan fingerprint density at radius 1 is 1.20 bits per heavy atom. The van der Waals surface area contributed by atoms with Crippen LogP contribution in [0, 0.1) is 17.3 Å². The summed E-state index contributed by atoms with van der Waals surface area (Å²) in [6.07, 6.45) is 6.08. The number of cyclic esters (lactones) is 1. The minimum Gasteiger partial charge on any atom is -0.461 e. The standard InChI is InChI=1S/C20H34O5/c1-14-8-6-9-15(2)12-16(3)17(21)19(4,5)13-20(23,24)18(22)25-11-7-10-14/h10,15-16,23-24H,6-9,11-13H2,1-5H3. The van der Waals surface area contributed by atoms with E-state index in [1.165, 1.54) is 5.57 Å². The molecule has 5 heteroatoms. The fourth-order valence-corrected chi connectivity index (χ4v) is 3.67. The predicted molar refractivity (Wildman–Crippen MR) is 96.7 cm³/mol. The molecule has 0 radical (unpaired) electrons. The first-order valence-electron chi connectivity index (χ1n) is 9.27. The number of hydrogen-bond donors (Lipinski definition) is 2. The molecule has 0 aliphatic carbocycles. The highest BCUT2D eigenvalue weighted by molar-refractivity contribution is 5.87. The van der Waals surface area contributed by atoms with Crippen molar-refractivity contribution in [1.82, 2.24) is 0 Å². The summed E-state index contributed by atoms with van der Waals surface area (Å²) in [5.41, 5.74) is 0.217. The molecule has 2 atom stereocenters. The first-order valence-corrected chi connectivity index (χ1v) is 9.27. The molecule has 0 fully saturated rings. The maximum absolute atomic E-state index is 12.8. The molecule has 1 aliphatic heterocycles. The van der Waals surface area contributed by atoms with Crippen LogP contribution in [-0.2, 0) is 14.3 Å². The summed E-state index contributed by atoms with van der Waals surface area (Å²) in [7, 11) is 0. The number of ether oxygens (including phenoxy) is 1. The van der Waals surface area contributed by atoms with E-state index >= 15 is 0 Å². The van der Waals surface area contributed by atoms with E-state index in [1.54, 1.807) is 13.8 Å². The van der Waals surface area contributed by atoms with Gasteiger partial charge in [-0.15, -0.1) is 0 Å². The second kappa shape index (κ2) is 8.95. The molecule has 144 valence electrons. The number of ketones is 1. The van der Waals surface area contributed by atoms with Gasteiger partial charge in [0.05, 0.1) is 6.61 Å². The molecule has 2 N–H and O–H groups in total. The quantitative estimate of drug-likeness (QED) is 0.396. The second-order valence-corrected chi connectivity index (χ2v) is 8.35. The van der Waals surface area contributed by atoms with Gasteiger partial charge in [-0.1, -0.05) is 45.8 Å². The predicted octanol–water partition coefficient (Wildman–Crippen LogP) is 3.38. The number of hydrogen-bond acceptors (Lipinski definition) is 5. The molecule has 0 amide bonds. The van der Waals surface area contributed by atoms with Crippen molar-refractivity contribution in [3.8, 4) is 0 Å². The SMILES string of the molecule is CC1=CCCOC(=O)C(O)(O)CC(C)(C)C(=O)C(C)CC(C)CCC1. The van der Waals surface area contributed by atoms with Gasteiger partial charge in [-0.3, -0.25) is 4.79 Å². The van der Waals surface area contributed by atoms with Crippen LogP contribution in [0.3, 0.4) is 0 Å². The van der Waals surface area contributed by atoms with Crippen LogP contribution in [0.25, 0.3) is 0 Å². The highest BCUT2D eigenvalue weighted by Gasteiger charge is 2.45. The molecule has 0 spiro atoms. The number of carbonyl (C=O) groups excluding carboxylic acids is 2. The Bertz CT molecular complexity index is 504. The maximum atomic E-state index is 12.8. The number of aliphatic hydroxyl groups is 2. The normalized spacial score (nSPS) is 29.6. The van der Waals surface area contributed by atoms with Crippen LogP contribution in [0.15, 0.2) is 11.6 Å². The van der Waals surface area contributed by atoms with Gasteiger partial charge in [0, 0.05) is 17.8 Å². The van der Waals surface area contributed by atoms with E-state index in [0.29, 0.717) is 12.3 Å². The topological polar surface area (TPSA) is 83.8 Å². The molecule has 2 unspecified atom stereocenters. The van der Waals surface area contributed by atoms with Crippen LogP contribution in [0.1, 0.15) is 73.1 Å². The Balaban J connectivity index is 2.97. The first-order chi connectivity index (χ1) is 11.5. The molecule has 1 rings (SSSR count). The lowest BCUT2D eigenvalue weighted by atomic mass is 9.74. The van der Waals surface area contributed by atoms with E-state index in [4.69, 9.17) is 4.74 Å². The molecule has 25 heavy (non-hydrogen) atoms. The minimum atomic E-state index is -2.65. The summed E-state index contributed by atoms with van der Waals surface area (Å²) in [6.45, 7) is 9.48. The van der Waals surface area contributed by atoms with E-state index < -0.39 is 17.2 Å². The summed E-state index contributed by atoms with van der Waals surface area (Å²) < 4.78 is 4.98. The van der Waals surface area contributed by atoms with Crippen LogP contribution in [0.5, 0.6) is 0 Å². The molecule has 1 heterocycles. The largest absolute Gasteiger partial charge is 0.461 e. The van der Waals surface area contributed by atoms with Gasteiger partial charge in [-0.05, 0) is 38.5 Å². The van der Waals surface area contributed by atoms with Gasteiger partial charge < -0.3 is 14.9 Å². The molecule has 0 saturated carbocycles. The zero-order valence-corrected chi connectivity index (χ0v) is 16.3. The molecule has 0 aromatic heterocycles. The lowest BCUT2D eigenvalue weighted by molar-refractivity contribution is -0.218. The Kier molecular flexibility index (Phi) is 7.82. The Hall–Kier alpha value is -1.20. The monoisotopic (exact) mass is 354 g/mol. The van der Waals surface area contributed by atoms with Crippen LogP contribution in [0.2, 0.25) is 0 Å². The molecule has 0 saturated heterocycles. The summed E-state index contributed by atoms with van der Waals surface area (Å²) >= 11 is 0. The van der Waals surface area contributed by atoms with Crippen molar-refractivity contribution in [2.24, 2.45) is 17.3 Å². The van der Waals surface area contributed by atoms with Crippen LogP contribution >= 0.6 is 0 Å². The third kappa shape index (κ3) is 6.90. The van der Waals surface area contributed by atoms with Crippen molar-refractivity contribution >= 4 is 11.8 Å². The molecule has 0 aromatic carbocycles. The Morgan fingerprint density at radius 2 is 1.84 bits per heavy atom. The van der Waals surface area contributed by atoms with E-state index in [2.05, 4.69) is 6.92 Å². The number of carbonyl (C=O) groups is 2. The number of rotatable bonds is 0. The van der Waals surface area contributed by atoms with Crippen LogP contribution < -0.4 is 0 Å². The van der Waals surface area contributed by atoms with E-state index in [0.717, 1.165) is 25.7 Å². The Morgan fingerprint density at radius 3 is 2.48 bits per heavy atom. The van der Waals surface area contributed by atoms with Crippen molar-refractivity contribution in [3.63, 3.8) is 0 Å². The van der Waals surface area contributed by atoms with E-state index in [-0.39, 0.29) is 24.7 Å². The van der Waals surface area contributed by atoms with Crippen LogP contribution in [-0.4, -0.2) is 34.4 Å². The van der Waals surface area contributed by atoms with Crippen LogP contribution in [0.4, 0.5) is 0 Å². The Labute approximate surface area is 151 Å². The zero-order chi connectivity index (χ0) is 19.3. The molecular formula is C20H34O5. The van der Waals surface area contributed by atoms with Gasteiger partial charge in [-0.2, -0.15) is 0 Å². The number of esters is 1. The third-order valence-electron chi connectivity index (χ3n) is 5.00. The molecule has 1 aliphatic rings. The molecule has 5 nitrogen and oxygen atoms in total. The summed E-state index contributed by atoms with van der Waals surface area (Å²) in [5, 5.41) is 20.2. The average molecular weight is 354 g/mol. The van der Waals surface area contributed by atoms with Crippen molar-refractivity contribution in [2.75, 3.05) is 6.61 Å². The first kappa shape index (κ1) is 21.8. The van der Waals surface area contributed by atoms with Gasteiger partial charge in [0.25, 0.3) is 5.79 Å². The van der Waals surface area contributed by atoms with Crippen molar-refractivity contribution in [3.05, 3.63) is 11.6 Å². The van der Waals surface area contributed by atoms with Gasteiger partial charge in [-0.25, -0.2) is 4.79 Å². The fourth-order valence-electron chi connectivity index (χ4n) is 3.67. The number of allylic oxidation sites excluding steroid dienone is 1. The molecular weight excluding hydrogens is 320 g/mol. The molecule has 0 bridgehead atoms. The minimum absolute atomic E-state index is 0.0530. The average Bonchev–Trinajstić information content (AvgIpc) is 2.48. The van der Waals surface area contributed by atoms with E-state index in [1.807, 2.05) is 19.9 Å². The van der Waals surface area contributed by atoms with Gasteiger partial charge >= 0.3 is 5.97 Å². The lowest BCUT2D eigenvalue weighted by Gasteiger charge is -2.32. The van der Waals surface area contributed by atoms with E-state index in [9.17, 15) is 19.8 Å². The fraction of sp³-hybridized carbons (Fsp3) is 0.800. The van der Waals surface area contributed by atoms with Crippen molar-refractivity contribution in [1.29, 1.82) is 0 Å². The smallest absolute Gasteiger partial charge is 0.366 e.